The van der Waals surface area contributed by atoms with Gasteiger partial charge in [-0.15, -0.1) is 0 Å². The minimum absolute atomic E-state index is 0.0386. The highest BCUT2D eigenvalue weighted by Gasteiger charge is 2.22. The molecule has 0 atom stereocenters. The highest BCUT2D eigenvalue weighted by Crippen LogP contribution is 2.21. The lowest BCUT2D eigenvalue weighted by Gasteiger charge is -2.32. The SMILES string of the molecule is CS(=O)(=O)NC1CCN(c2ccc3ccccc3n2)CC1. The van der Waals surface area contributed by atoms with Crippen molar-refractivity contribution in [2.24, 2.45) is 0 Å². The number of para-hydroxylation sites is 1. The van der Waals surface area contributed by atoms with E-state index < -0.39 is 10.0 Å². The number of rotatable bonds is 3. The maximum atomic E-state index is 11.3. The van der Waals surface area contributed by atoms with Crippen molar-refractivity contribution in [3.05, 3.63) is 36.4 Å². The molecule has 0 amide bonds. The maximum Gasteiger partial charge on any atom is 0.208 e. The molecule has 5 nitrogen and oxygen atoms in total. The number of aromatic nitrogens is 1. The minimum atomic E-state index is -3.12. The lowest BCUT2D eigenvalue weighted by Crippen LogP contribution is -2.44. The third kappa shape index (κ3) is 3.51. The summed E-state index contributed by atoms with van der Waals surface area (Å²) in [5, 5.41) is 1.13. The fourth-order valence-electron chi connectivity index (χ4n) is 2.76. The average Bonchev–Trinajstić information content (AvgIpc) is 2.46. The van der Waals surface area contributed by atoms with Crippen LogP contribution in [0.2, 0.25) is 0 Å². The molecule has 0 saturated carbocycles. The number of pyridine rings is 1. The van der Waals surface area contributed by atoms with Crippen molar-refractivity contribution in [3.8, 4) is 0 Å². The van der Waals surface area contributed by atoms with Crippen molar-refractivity contribution < 1.29 is 8.42 Å². The van der Waals surface area contributed by atoms with Crippen LogP contribution in [0.5, 0.6) is 0 Å². The number of sulfonamides is 1. The zero-order valence-electron chi connectivity index (χ0n) is 12.0. The van der Waals surface area contributed by atoms with Crippen molar-refractivity contribution in [2.75, 3.05) is 24.2 Å². The second-order valence-electron chi connectivity index (χ2n) is 5.51. The number of hydrogen-bond donors (Lipinski definition) is 1. The van der Waals surface area contributed by atoms with Crippen LogP contribution in [0.3, 0.4) is 0 Å². The fraction of sp³-hybridized carbons (Fsp3) is 0.400. The molecule has 6 heteroatoms. The first-order chi connectivity index (χ1) is 10.0. The van der Waals surface area contributed by atoms with Crippen molar-refractivity contribution >= 4 is 26.7 Å². The number of nitrogens with one attached hydrogen (secondary N) is 1. The summed E-state index contributed by atoms with van der Waals surface area (Å²) in [4.78, 5) is 6.90. The fourth-order valence-corrected chi connectivity index (χ4v) is 3.60. The summed E-state index contributed by atoms with van der Waals surface area (Å²) >= 11 is 0. The van der Waals surface area contributed by atoms with Gasteiger partial charge in [-0.3, -0.25) is 0 Å². The minimum Gasteiger partial charge on any atom is -0.356 e. The van der Waals surface area contributed by atoms with Crippen LogP contribution in [-0.2, 0) is 10.0 Å². The van der Waals surface area contributed by atoms with Crippen LogP contribution in [0.15, 0.2) is 36.4 Å². The molecule has 1 aromatic heterocycles. The number of benzene rings is 1. The molecule has 2 heterocycles. The molecule has 0 aliphatic carbocycles. The van der Waals surface area contributed by atoms with Gasteiger partial charge in [-0.25, -0.2) is 18.1 Å². The Bertz CT molecular complexity index is 737. The Morgan fingerprint density at radius 2 is 1.86 bits per heavy atom. The Balaban J connectivity index is 1.71. The van der Waals surface area contributed by atoms with Gasteiger partial charge in [0.2, 0.25) is 10.0 Å². The highest BCUT2D eigenvalue weighted by molar-refractivity contribution is 7.88. The Kier molecular flexibility index (Phi) is 3.82. The standard InChI is InChI=1S/C15H19N3O2S/c1-21(19,20)17-13-8-10-18(11-9-13)15-7-6-12-4-2-3-5-14(12)16-15/h2-7,13,17H,8-11H2,1H3. The van der Waals surface area contributed by atoms with E-state index in [1.807, 2.05) is 30.3 Å². The van der Waals surface area contributed by atoms with Gasteiger partial charge in [-0.2, -0.15) is 0 Å². The molecule has 1 fully saturated rings. The van der Waals surface area contributed by atoms with E-state index in [-0.39, 0.29) is 6.04 Å². The molecule has 1 aliphatic rings. The van der Waals surface area contributed by atoms with Gasteiger partial charge < -0.3 is 4.90 Å². The number of piperidine rings is 1. The summed E-state index contributed by atoms with van der Waals surface area (Å²) in [7, 11) is -3.12. The van der Waals surface area contributed by atoms with E-state index >= 15 is 0 Å². The van der Waals surface area contributed by atoms with Gasteiger partial charge in [0.25, 0.3) is 0 Å². The number of anilines is 1. The summed E-state index contributed by atoms with van der Waals surface area (Å²) in [5.41, 5.74) is 0.992. The third-order valence-corrected chi connectivity index (χ3v) is 4.54. The molecule has 2 aromatic rings. The zero-order chi connectivity index (χ0) is 14.9. The number of nitrogens with zero attached hydrogens (tertiary/aromatic N) is 2. The van der Waals surface area contributed by atoms with E-state index in [1.54, 1.807) is 0 Å². The smallest absolute Gasteiger partial charge is 0.208 e. The Hall–Kier alpha value is -1.66. The van der Waals surface area contributed by atoms with Crippen LogP contribution in [0.4, 0.5) is 5.82 Å². The van der Waals surface area contributed by atoms with Crippen molar-refractivity contribution in [2.45, 2.75) is 18.9 Å². The zero-order valence-corrected chi connectivity index (χ0v) is 12.8. The van der Waals surface area contributed by atoms with E-state index in [2.05, 4.69) is 20.7 Å². The monoisotopic (exact) mass is 305 g/mol. The molecule has 112 valence electrons. The molecule has 0 unspecified atom stereocenters. The molecule has 0 bridgehead atoms. The second kappa shape index (κ2) is 5.61. The lowest BCUT2D eigenvalue weighted by molar-refractivity contribution is 0.460. The largest absolute Gasteiger partial charge is 0.356 e. The van der Waals surface area contributed by atoms with Crippen molar-refractivity contribution in [1.29, 1.82) is 0 Å². The molecule has 1 aliphatic heterocycles. The first kappa shape index (κ1) is 14.3. The van der Waals surface area contributed by atoms with Crippen molar-refractivity contribution in [1.82, 2.24) is 9.71 Å². The van der Waals surface area contributed by atoms with Gasteiger partial charge in [-0.1, -0.05) is 18.2 Å². The first-order valence-corrected chi connectivity index (χ1v) is 8.98. The normalized spacial score (nSPS) is 17.3. The summed E-state index contributed by atoms with van der Waals surface area (Å²) in [6.07, 6.45) is 2.83. The van der Waals surface area contributed by atoms with E-state index in [9.17, 15) is 8.42 Å². The maximum absolute atomic E-state index is 11.3. The molecule has 0 spiro atoms. The second-order valence-corrected chi connectivity index (χ2v) is 7.29. The first-order valence-electron chi connectivity index (χ1n) is 7.09. The Morgan fingerprint density at radius 3 is 2.57 bits per heavy atom. The van der Waals surface area contributed by atoms with Crippen LogP contribution >= 0.6 is 0 Å². The molecular weight excluding hydrogens is 286 g/mol. The molecule has 21 heavy (non-hydrogen) atoms. The molecular formula is C15H19N3O2S. The van der Waals surface area contributed by atoms with Crippen LogP contribution in [-0.4, -0.2) is 38.8 Å². The van der Waals surface area contributed by atoms with Crippen LogP contribution in [0.25, 0.3) is 10.9 Å². The van der Waals surface area contributed by atoms with Crippen LogP contribution < -0.4 is 9.62 Å². The van der Waals surface area contributed by atoms with Crippen LogP contribution in [0.1, 0.15) is 12.8 Å². The molecule has 1 saturated heterocycles. The molecule has 1 aromatic carbocycles. The third-order valence-electron chi connectivity index (χ3n) is 3.78. The van der Waals surface area contributed by atoms with Gasteiger partial charge in [0.05, 0.1) is 11.8 Å². The molecule has 0 radical (unpaired) electrons. The number of fused-ring (bicyclic) bond motifs is 1. The van der Waals surface area contributed by atoms with E-state index in [4.69, 9.17) is 0 Å². The summed E-state index contributed by atoms with van der Waals surface area (Å²) in [6, 6.07) is 12.2. The predicted molar refractivity (Wildman–Crippen MR) is 85.0 cm³/mol. The molecule has 1 N–H and O–H groups in total. The van der Waals surface area contributed by atoms with Gasteiger partial charge in [0, 0.05) is 24.5 Å². The summed E-state index contributed by atoms with van der Waals surface area (Å²) in [6.45, 7) is 1.64. The molecule has 3 rings (SSSR count). The number of hydrogen-bond acceptors (Lipinski definition) is 4. The summed E-state index contributed by atoms with van der Waals surface area (Å²) in [5.74, 6) is 0.964. The quantitative estimate of drug-likeness (QED) is 0.938. The topological polar surface area (TPSA) is 62.3 Å². The van der Waals surface area contributed by atoms with Gasteiger partial charge in [0.15, 0.2) is 0 Å². The van der Waals surface area contributed by atoms with Gasteiger partial charge in [0.1, 0.15) is 5.82 Å². The van der Waals surface area contributed by atoms with E-state index in [0.29, 0.717) is 0 Å². The van der Waals surface area contributed by atoms with Crippen LogP contribution in [0, 0.1) is 0 Å². The predicted octanol–water partition coefficient (Wildman–Crippen LogP) is 1.75. The average molecular weight is 305 g/mol. The highest BCUT2D eigenvalue weighted by atomic mass is 32.2. The lowest BCUT2D eigenvalue weighted by atomic mass is 10.1. The van der Waals surface area contributed by atoms with Gasteiger partial charge in [-0.05, 0) is 31.0 Å². The summed E-state index contributed by atoms with van der Waals surface area (Å²) < 4.78 is 25.2. The Labute approximate surface area is 125 Å². The van der Waals surface area contributed by atoms with Gasteiger partial charge >= 0.3 is 0 Å². The Morgan fingerprint density at radius 1 is 1.14 bits per heavy atom. The van der Waals surface area contributed by atoms with Crippen molar-refractivity contribution in [3.63, 3.8) is 0 Å². The van der Waals surface area contributed by atoms with E-state index in [1.165, 1.54) is 6.26 Å². The van der Waals surface area contributed by atoms with E-state index in [0.717, 1.165) is 42.7 Å².